The zero-order chi connectivity index (χ0) is 19.5. The van der Waals surface area contributed by atoms with E-state index in [1.807, 2.05) is 44.2 Å². The zero-order valence-electron chi connectivity index (χ0n) is 15.0. The second-order valence-corrected chi connectivity index (χ2v) is 9.72. The van der Waals surface area contributed by atoms with E-state index < -0.39 is 20.1 Å². The molecule has 0 spiro atoms. The molecule has 26 heavy (non-hydrogen) atoms. The predicted molar refractivity (Wildman–Crippen MR) is 101 cm³/mol. The Kier molecular flexibility index (Phi) is 6.10. The third-order valence-corrected chi connectivity index (χ3v) is 5.21. The molecule has 2 aromatic carbocycles. The molecule has 142 valence electrons. The first-order valence-electron chi connectivity index (χ1n) is 8.08. The lowest BCUT2D eigenvalue weighted by molar-refractivity contribution is 0.488. The summed E-state index contributed by atoms with van der Waals surface area (Å²) in [4.78, 5) is -0.00187. The summed E-state index contributed by atoms with van der Waals surface area (Å²) in [6.45, 7) is 3.90. The molecule has 2 N–H and O–H groups in total. The van der Waals surface area contributed by atoms with Gasteiger partial charge in [-0.05, 0) is 35.6 Å². The van der Waals surface area contributed by atoms with Gasteiger partial charge >= 0.3 is 10.1 Å². The van der Waals surface area contributed by atoms with Crippen molar-refractivity contribution in [1.82, 2.24) is 0 Å². The Balaban J connectivity index is 2.73. The molecule has 6 nitrogen and oxygen atoms in total. The molecule has 0 bridgehead atoms. The second-order valence-electron chi connectivity index (χ2n) is 6.61. The third kappa shape index (κ3) is 5.55. The van der Waals surface area contributed by atoms with E-state index in [0.717, 1.165) is 11.8 Å². The summed E-state index contributed by atoms with van der Waals surface area (Å²) in [6.07, 6.45) is 1.71. The molecule has 0 radical (unpaired) electrons. The number of hydrogen-bond acceptors (Lipinski definition) is 5. The van der Waals surface area contributed by atoms with E-state index in [1.165, 1.54) is 12.1 Å². The number of sulfonamides is 1. The van der Waals surface area contributed by atoms with Gasteiger partial charge in [0.1, 0.15) is 5.75 Å². The molecule has 0 aliphatic carbocycles. The van der Waals surface area contributed by atoms with Crippen LogP contribution in [0.2, 0.25) is 0 Å². The van der Waals surface area contributed by atoms with Gasteiger partial charge in [0.2, 0.25) is 10.0 Å². The minimum Gasteiger partial charge on any atom is -0.382 e. The van der Waals surface area contributed by atoms with Crippen LogP contribution in [0.3, 0.4) is 0 Å². The molecule has 0 atom stereocenters. The SMILES string of the molecule is CC(C)Cc1c(S(N)(=O)=O)ccc(OS(C)(=O)=O)c1Cc1ccccc1. The molecule has 0 heterocycles. The van der Waals surface area contributed by atoms with Crippen LogP contribution >= 0.6 is 0 Å². The van der Waals surface area contributed by atoms with Crippen LogP contribution in [-0.2, 0) is 33.0 Å². The van der Waals surface area contributed by atoms with E-state index in [9.17, 15) is 16.8 Å². The Labute approximate surface area is 155 Å². The van der Waals surface area contributed by atoms with Crippen LogP contribution in [0.15, 0.2) is 47.4 Å². The molecular formula is C18H23NO5S2. The van der Waals surface area contributed by atoms with Crippen molar-refractivity contribution in [1.29, 1.82) is 0 Å². The first-order valence-corrected chi connectivity index (χ1v) is 11.4. The van der Waals surface area contributed by atoms with Gasteiger partial charge in [-0.2, -0.15) is 8.42 Å². The molecule has 0 amide bonds. The van der Waals surface area contributed by atoms with E-state index >= 15 is 0 Å². The fourth-order valence-corrected chi connectivity index (χ4v) is 4.07. The molecule has 2 rings (SSSR count). The van der Waals surface area contributed by atoms with E-state index in [4.69, 9.17) is 9.32 Å². The van der Waals surface area contributed by atoms with Crippen molar-refractivity contribution in [2.75, 3.05) is 6.26 Å². The van der Waals surface area contributed by atoms with Crippen LogP contribution in [0, 0.1) is 5.92 Å². The number of nitrogens with two attached hydrogens (primary N) is 1. The molecule has 0 aliphatic heterocycles. The third-order valence-electron chi connectivity index (χ3n) is 3.73. The molecule has 0 aliphatic rings. The number of primary sulfonamides is 1. The van der Waals surface area contributed by atoms with Crippen molar-refractivity contribution >= 4 is 20.1 Å². The Hall–Kier alpha value is -1.90. The largest absolute Gasteiger partial charge is 0.382 e. The van der Waals surface area contributed by atoms with Gasteiger partial charge in [-0.3, -0.25) is 0 Å². The van der Waals surface area contributed by atoms with Gasteiger partial charge in [0, 0.05) is 12.0 Å². The number of hydrogen-bond donors (Lipinski definition) is 1. The Morgan fingerprint density at radius 3 is 2.08 bits per heavy atom. The van der Waals surface area contributed by atoms with E-state index in [2.05, 4.69) is 0 Å². The summed E-state index contributed by atoms with van der Waals surface area (Å²) in [6, 6.07) is 12.0. The van der Waals surface area contributed by atoms with Crippen LogP contribution in [0.25, 0.3) is 0 Å². The van der Waals surface area contributed by atoms with Gasteiger partial charge in [0.15, 0.2) is 0 Å². The predicted octanol–water partition coefficient (Wildman–Crippen LogP) is 2.46. The molecular weight excluding hydrogens is 374 g/mol. The van der Waals surface area contributed by atoms with Gasteiger partial charge in [-0.1, -0.05) is 44.2 Å². The van der Waals surface area contributed by atoms with Crippen molar-refractivity contribution in [3.8, 4) is 5.75 Å². The van der Waals surface area contributed by atoms with Crippen LogP contribution < -0.4 is 9.32 Å². The highest BCUT2D eigenvalue weighted by atomic mass is 32.2. The van der Waals surface area contributed by atoms with Crippen molar-refractivity contribution in [2.24, 2.45) is 11.1 Å². The summed E-state index contributed by atoms with van der Waals surface area (Å²) >= 11 is 0. The highest BCUT2D eigenvalue weighted by Crippen LogP contribution is 2.32. The van der Waals surface area contributed by atoms with Crippen LogP contribution in [-0.4, -0.2) is 23.1 Å². The van der Waals surface area contributed by atoms with E-state index in [1.54, 1.807) is 0 Å². The van der Waals surface area contributed by atoms with Crippen molar-refractivity contribution in [2.45, 2.75) is 31.6 Å². The van der Waals surface area contributed by atoms with Crippen LogP contribution in [0.1, 0.15) is 30.5 Å². The van der Waals surface area contributed by atoms with E-state index in [-0.39, 0.29) is 16.6 Å². The van der Waals surface area contributed by atoms with Gasteiger partial charge in [-0.15, -0.1) is 0 Å². The summed E-state index contributed by atoms with van der Waals surface area (Å²) in [5, 5.41) is 5.39. The molecule has 8 heteroatoms. The maximum absolute atomic E-state index is 12.1. The standard InChI is InChI=1S/C18H23NO5S2/c1-13(2)11-16-15(12-14-7-5-4-6-8-14)17(24-25(3,20)21)9-10-18(16)26(19,22)23/h4-10,13H,11-12H2,1-3H3,(H2,19,22,23). The maximum atomic E-state index is 12.1. The number of rotatable bonds is 7. The van der Waals surface area contributed by atoms with Crippen molar-refractivity contribution in [3.63, 3.8) is 0 Å². The topological polar surface area (TPSA) is 104 Å². The average molecular weight is 398 g/mol. The molecule has 0 saturated heterocycles. The Morgan fingerprint density at radius 1 is 0.962 bits per heavy atom. The van der Waals surface area contributed by atoms with Crippen molar-refractivity contribution in [3.05, 3.63) is 59.2 Å². The van der Waals surface area contributed by atoms with Crippen LogP contribution in [0.5, 0.6) is 5.75 Å². The minimum absolute atomic E-state index is 0.00187. The molecule has 0 saturated carbocycles. The monoisotopic (exact) mass is 397 g/mol. The molecule has 0 aromatic heterocycles. The summed E-state index contributed by atoms with van der Waals surface area (Å²) in [5.74, 6) is 0.262. The number of benzene rings is 2. The van der Waals surface area contributed by atoms with Gasteiger partial charge < -0.3 is 4.18 Å². The van der Waals surface area contributed by atoms with Gasteiger partial charge in [-0.25, -0.2) is 13.6 Å². The van der Waals surface area contributed by atoms with Gasteiger partial charge in [0.25, 0.3) is 0 Å². The molecule has 0 fully saturated rings. The fourth-order valence-electron chi connectivity index (χ4n) is 2.78. The lowest BCUT2D eigenvalue weighted by Gasteiger charge is -2.19. The van der Waals surface area contributed by atoms with Crippen LogP contribution in [0.4, 0.5) is 0 Å². The Morgan fingerprint density at radius 2 is 1.58 bits per heavy atom. The van der Waals surface area contributed by atoms with E-state index in [0.29, 0.717) is 24.0 Å². The lowest BCUT2D eigenvalue weighted by atomic mass is 9.93. The summed E-state index contributed by atoms with van der Waals surface area (Å²) in [5.41, 5.74) is 1.91. The second kappa shape index (κ2) is 7.77. The van der Waals surface area contributed by atoms with Gasteiger partial charge in [0.05, 0.1) is 11.2 Å². The first-order chi connectivity index (χ1) is 12.0. The Bertz CT molecular complexity index is 982. The zero-order valence-corrected chi connectivity index (χ0v) is 16.6. The fraction of sp³-hybridized carbons (Fsp3) is 0.333. The smallest absolute Gasteiger partial charge is 0.306 e. The highest BCUT2D eigenvalue weighted by Gasteiger charge is 2.23. The summed E-state index contributed by atoms with van der Waals surface area (Å²) in [7, 11) is -7.73. The maximum Gasteiger partial charge on any atom is 0.306 e. The molecule has 0 unspecified atom stereocenters. The minimum atomic E-state index is -3.96. The lowest BCUT2D eigenvalue weighted by Crippen LogP contribution is -2.18. The normalized spacial score (nSPS) is 12.3. The average Bonchev–Trinajstić information content (AvgIpc) is 2.48. The van der Waals surface area contributed by atoms with Crippen molar-refractivity contribution < 1.29 is 21.0 Å². The first kappa shape index (κ1) is 20.4. The summed E-state index contributed by atoms with van der Waals surface area (Å²) < 4.78 is 52.6. The quantitative estimate of drug-likeness (QED) is 0.723. The highest BCUT2D eigenvalue weighted by molar-refractivity contribution is 7.89. The molecule has 2 aromatic rings.